The Hall–Kier alpha value is -1.89. The van der Waals surface area contributed by atoms with Gasteiger partial charge in [0.15, 0.2) is 6.29 Å². The van der Waals surface area contributed by atoms with E-state index in [9.17, 15) is 4.79 Å². The smallest absolute Gasteiger partial charge is 0.323 e. The van der Waals surface area contributed by atoms with Crippen LogP contribution < -0.4 is 5.32 Å². The molecule has 3 rings (SSSR count). The third-order valence-corrected chi connectivity index (χ3v) is 4.68. The van der Waals surface area contributed by atoms with Gasteiger partial charge in [-0.25, -0.2) is 0 Å². The van der Waals surface area contributed by atoms with Gasteiger partial charge in [-0.1, -0.05) is 32.0 Å². The van der Waals surface area contributed by atoms with Gasteiger partial charge >= 0.3 is 5.97 Å². The summed E-state index contributed by atoms with van der Waals surface area (Å²) in [6.07, 6.45) is 2.99. The lowest BCUT2D eigenvalue weighted by atomic mass is 9.95. The van der Waals surface area contributed by atoms with E-state index in [2.05, 4.69) is 30.2 Å². The molecule has 26 heavy (non-hydrogen) atoms. The van der Waals surface area contributed by atoms with Crippen molar-refractivity contribution in [1.82, 2.24) is 10.3 Å². The molecule has 0 radical (unpaired) electrons. The average Bonchev–Trinajstić information content (AvgIpc) is 3.04. The van der Waals surface area contributed by atoms with E-state index < -0.39 is 6.04 Å². The number of esters is 1. The average molecular weight is 360 g/mol. The van der Waals surface area contributed by atoms with E-state index in [1.807, 2.05) is 24.4 Å². The van der Waals surface area contributed by atoms with E-state index >= 15 is 0 Å². The lowest BCUT2D eigenvalue weighted by molar-refractivity contribution is -0.223. The van der Waals surface area contributed by atoms with E-state index in [1.54, 1.807) is 0 Å². The van der Waals surface area contributed by atoms with Crippen molar-refractivity contribution in [3.63, 3.8) is 0 Å². The maximum absolute atomic E-state index is 12.2. The van der Waals surface area contributed by atoms with Crippen LogP contribution in [-0.2, 0) is 25.4 Å². The second-order valence-electron chi connectivity index (χ2n) is 7.60. The standard InChI is InChI=1S/C20H28N2O4/c1-20(2)12-25-18(26-13-20)8-9-21-17(19(23)24-3)10-14-11-22-16-7-5-4-6-15(14)16/h4-7,11,17-18,21-22H,8-10,12-13H2,1-3H3/t17-/m0/s1. The van der Waals surface area contributed by atoms with E-state index in [-0.39, 0.29) is 17.7 Å². The summed E-state index contributed by atoms with van der Waals surface area (Å²) in [5, 5.41) is 4.42. The molecule has 2 N–H and O–H groups in total. The Morgan fingerprint density at radius 2 is 2.08 bits per heavy atom. The van der Waals surface area contributed by atoms with Gasteiger partial charge in [-0.05, 0) is 11.6 Å². The number of methoxy groups -OCH3 is 1. The maximum atomic E-state index is 12.2. The van der Waals surface area contributed by atoms with Crippen LogP contribution in [0.25, 0.3) is 10.9 Å². The Balaban J connectivity index is 1.56. The SMILES string of the molecule is COC(=O)[C@H](Cc1c[nH]c2ccccc12)NCCC1OCC(C)(C)CO1. The summed E-state index contributed by atoms with van der Waals surface area (Å²) in [6.45, 7) is 6.24. The van der Waals surface area contributed by atoms with Crippen molar-refractivity contribution in [3.05, 3.63) is 36.0 Å². The zero-order chi connectivity index (χ0) is 18.6. The van der Waals surface area contributed by atoms with Gasteiger partial charge in [0.05, 0.1) is 20.3 Å². The molecule has 142 valence electrons. The van der Waals surface area contributed by atoms with Crippen LogP contribution in [-0.4, -0.2) is 50.2 Å². The molecular weight excluding hydrogens is 332 g/mol. The fourth-order valence-corrected chi connectivity index (χ4v) is 3.17. The highest BCUT2D eigenvalue weighted by Crippen LogP contribution is 2.24. The Morgan fingerprint density at radius 1 is 1.35 bits per heavy atom. The molecule has 1 aliphatic heterocycles. The van der Waals surface area contributed by atoms with Crippen molar-refractivity contribution in [2.24, 2.45) is 5.41 Å². The number of hydrogen-bond donors (Lipinski definition) is 2. The van der Waals surface area contributed by atoms with Gasteiger partial charge in [0.25, 0.3) is 0 Å². The third kappa shape index (κ3) is 4.63. The number of nitrogens with one attached hydrogen (secondary N) is 2. The second kappa shape index (κ2) is 8.20. The second-order valence-corrected chi connectivity index (χ2v) is 7.60. The van der Waals surface area contributed by atoms with Crippen molar-refractivity contribution in [1.29, 1.82) is 0 Å². The lowest BCUT2D eigenvalue weighted by Gasteiger charge is -2.34. The molecule has 0 bridgehead atoms. The molecular formula is C20H28N2O4. The van der Waals surface area contributed by atoms with E-state index in [0.717, 1.165) is 16.5 Å². The molecule has 1 aliphatic rings. The number of para-hydroxylation sites is 1. The molecule has 6 nitrogen and oxygen atoms in total. The Kier molecular flexibility index (Phi) is 5.96. The van der Waals surface area contributed by atoms with Gasteiger partial charge in [-0.3, -0.25) is 4.79 Å². The van der Waals surface area contributed by atoms with Crippen LogP contribution >= 0.6 is 0 Å². The summed E-state index contributed by atoms with van der Waals surface area (Å²) < 4.78 is 16.5. The molecule has 1 atom stereocenters. The first-order valence-corrected chi connectivity index (χ1v) is 9.08. The van der Waals surface area contributed by atoms with Gasteiger partial charge in [0.2, 0.25) is 0 Å². The predicted octanol–water partition coefficient (Wildman–Crippen LogP) is 2.63. The number of fused-ring (bicyclic) bond motifs is 1. The number of carbonyl (C=O) groups is 1. The summed E-state index contributed by atoms with van der Waals surface area (Å²) in [5.74, 6) is -0.262. The number of H-pyrrole nitrogens is 1. The van der Waals surface area contributed by atoms with E-state index in [1.165, 1.54) is 7.11 Å². The topological polar surface area (TPSA) is 72.6 Å². The van der Waals surface area contributed by atoms with Crippen molar-refractivity contribution >= 4 is 16.9 Å². The largest absolute Gasteiger partial charge is 0.468 e. The van der Waals surface area contributed by atoms with Gasteiger partial charge in [-0.2, -0.15) is 0 Å². The van der Waals surface area contributed by atoms with E-state index in [0.29, 0.717) is 32.6 Å². The molecule has 1 aromatic carbocycles. The zero-order valence-corrected chi connectivity index (χ0v) is 15.7. The van der Waals surface area contributed by atoms with Crippen LogP contribution in [0, 0.1) is 5.41 Å². The van der Waals surface area contributed by atoms with Crippen molar-refractivity contribution in [3.8, 4) is 0 Å². The van der Waals surface area contributed by atoms with Gasteiger partial charge in [-0.15, -0.1) is 0 Å². The summed E-state index contributed by atoms with van der Waals surface area (Å²) in [4.78, 5) is 15.4. The molecule has 0 aliphatic carbocycles. The number of benzene rings is 1. The lowest BCUT2D eigenvalue weighted by Crippen LogP contribution is -2.43. The fourth-order valence-electron chi connectivity index (χ4n) is 3.17. The predicted molar refractivity (Wildman–Crippen MR) is 99.9 cm³/mol. The molecule has 0 saturated carbocycles. The molecule has 2 aromatic rings. The molecule has 0 amide bonds. The molecule has 2 heterocycles. The van der Waals surface area contributed by atoms with Crippen LogP contribution in [0.3, 0.4) is 0 Å². The minimum absolute atomic E-state index is 0.0633. The number of aromatic amines is 1. The van der Waals surface area contributed by atoms with Gasteiger partial charge in [0, 0.05) is 41.9 Å². The highest BCUT2D eigenvalue weighted by molar-refractivity contribution is 5.84. The Bertz CT molecular complexity index is 730. The van der Waals surface area contributed by atoms with Crippen molar-refractivity contribution in [2.75, 3.05) is 26.9 Å². The Labute approximate surface area is 154 Å². The number of ether oxygens (including phenoxy) is 3. The van der Waals surface area contributed by atoms with Crippen molar-refractivity contribution < 1.29 is 19.0 Å². The molecule has 6 heteroatoms. The van der Waals surface area contributed by atoms with Crippen LogP contribution in [0.5, 0.6) is 0 Å². The monoisotopic (exact) mass is 360 g/mol. The number of rotatable bonds is 7. The summed E-state index contributed by atoms with van der Waals surface area (Å²) >= 11 is 0. The minimum Gasteiger partial charge on any atom is -0.468 e. The molecule has 1 aromatic heterocycles. The fraction of sp³-hybridized carbons (Fsp3) is 0.550. The molecule has 1 saturated heterocycles. The number of aromatic nitrogens is 1. The summed E-state index contributed by atoms with van der Waals surface area (Å²) in [7, 11) is 1.42. The highest BCUT2D eigenvalue weighted by atomic mass is 16.7. The van der Waals surface area contributed by atoms with Crippen LogP contribution in [0.15, 0.2) is 30.5 Å². The maximum Gasteiger partial charge on any atom is 0.323 e. The molecule has 1 fully saturated rings. The van der Waals surface area contributed by atoms with E-state index in [4.69, 9.17) is 14.2 Å². The third-order valence-electron chi connectivity index (χ3n) is 4.68. The minimum atomic E-state index is -0.403. The number of carbonyl (C=O) groups excluding carboxylic acids is 1. The van der Waals surface area contributed by atoms with Gasteiger partial charge < -0.3 is 24.5 Å². The van der Waals surface area contributed by atoms with Crippen LogP contribution in [0.4, 0.5) is 0 Å². The normalized spacial score (nSPS) is 18.7. The molecule has 0 unspecified atom stereocenters. The first-order valence-electron chi connectivity index (χ1n) is 9.08. The first-order chi connectivity index (χ1) is 12.5. The summed E-state index contributed by atoms with van der Waals surface area (Å²) in [6, 6.07) is 7.67. The highest BCUT2D eigenvalue weighted by Gasteiger charge is 2.28. The van der Waals surface area contributed by atoms with Crippen LogP contribution in [0.1, 0.15) is 25.8 Å². The van der Waals surface area contributed by atoms with Crippen molar-refractivity contribution in [2.45, 2.75) is 39.0 Å². The quantitative estimate of drug-likeness (QED) is 0.743. The van der Waals surface area contributed by atoms with Gasteiger partial charge in [0.1, 0.15) is 6.04 Å². The zero-order valence-electron chi connectivity index (χ0n) is 15.7. The van der Waals surface area contributed by atoms with Crippen LogP contribution in [0.2, 0.25) is 0 Å². The number of hydrogen-bond acceptors (Lipinski definition) is 5. The molecule has 0 spiro atoms. The Morgan fingerprint density at radius 3 is 2.81 bits per heavy atom. The summed E-state index contributed by atoms with van der Waals surface area (Å²) in [5.41, 5.74) is 2.22. The first kappa shape index (κ1) is 18.9.